The van der Waals surface area contributed by atoms with Gasteiger partial charge in [0.25, 0.3) is 0 Å². The second kappa shape index (κ2) is 6.36. The van der Waals surface area contributed by atoms with Gasteiger partial charge in [-0.25, -0.2) is 0 Å². The molecule has 1 heterocycles. The van der Waals surface area contributed by atoms with Crippen molar-refractivity contribution in [2.24, 2.45) is 5.92 Å². The molecule has 0 aromatic carbocycles. The van der Waals surface area contributed by atoms with Gasteiger partial charge in [0.15, 0.2) is 0 Å². The molecule has 3 fully saturated rings. The minimum absolute atomic E-state index is 0.490. The smallest absolute Gasteiger partial charge is 0.0790 e. The van der Waals surface area contributed by atoms with Gasteiger partial charge in [-0.3, -0.25) is 4.84 Å². The Labute approximate surface area is 111 Å². The molecule has 3 rings (SSSR count). The Balaban J connectivity index is 1.50. The molecule has 2 saturated carbocycles. The van der Waals surface area contributed by atoms with Crippen LogP contribution in [-0.2, 0) is 4.84 Å². The third kappa shape index (κ3) is 3.06. The van der Waals surface area contributed by atoms with Gasteiger partial charge in [-0.15, -0.1) is 0 Å². The lowest BCUT2D eigenvalue weighted by Gasteiger charge is -2.36. The van der Waals surface area contributed by atoms with E-state index in [0.717, 1.165) is 12.0 Å². The van der Waals surface area contributed by atoms with E-state index in [0.29, 0.717) is 12.1 Å². The van der Waals surface area contributed by atoms with E-state index in [1.807, 2.05) is 0 Å². The first-order valence-electron chi connectivity index (χ1n) is 8.08. The maximum absolute atomic E-state index is 5.95. The van der Waals surface area contributed by atoms with E-state index < -0.39 is 0 Å². The highest BCUT2D eigenvalue weighted by atomic mass is 16.7. The van der Waals surface area contributed by atoms with Crippen LogP contribution in [0.2, 0.25) is 0 Å². The van der Waals surface area contributed by atoms with Crippen LogP contribution in [0.1, 0.15) is 64.2 Å². The number of hydrogen-bond acceptors (Lipinski definition) is 3. The van der Waals surface area contributed by atoms with Crippen molar-refractivity contribution in [1.29, 1.82) is 0 Å². The summed E-state index contributed by atoms with van der Waals surface area (Å²) in [7, 11) is 0. The Hall–Kier alpha value is -0.120. The van der Waals surface area contributed by atoms with Crippen molar-refractivity contribution in [2.75, 3.05) is 6.54 Å². The van der Waals surface area contributed by atoms with Gasteiger partial charge >= 0.3 is 0 Å². The van der Waals surface area contributed by atoms with Gasteiger partial charge in [-0.05, 0) is 51.0 Å². The van der Waals surface area contributed by atoms with Gasteiger partial charge < -0.3 is 5.32 Å². The lowest BCUT2D eigenvalue weighted by Crippen LogP contribution is -2.47. The summed E-state index contributed by atoms with van der Waals surface area (Å²) in [4.78, 5) is 5.95. The molecule has 1 aliphatic heterocycles. The van der Waals surface area contributed by atoms with Gasteiger partial charge in [0.2, 0.25) is 0 Å². The number of hydrogen-bond donors (Lipinski definition) is 2. The first-order chi connectivity index (χ1) is 8.93. The second-order valence-corrected chi connectivity index (χ2v) is 6.40. The van der Waals surface area contributed by atoms with Gasteiger partial charge in [0.1, 0.15) is 0 Å². The van der Waals surface area contributed by atoms with E-state index >= 15 is 0 Å². The summed E-state index contributed by atoms with van der Waals surface area (Å²) in [5.41, 5.74) is 3.45. The standard InChI is InChI=1S/C15H28N2O/c1-2-7-12(6-1)18-17-15-9-4-3-8-13(15)14-10-5-11-16-14/h12-17H,1-11H2. The molecule has 104 valence electrons. The second-order valence-electron chi connectivity index (χ2n) is 6.40. The van der Waals surface area contributed by atoms with Crippen LogP contribution in [0.15, 0.2) is 0 Å². The Morgan fingerprint density at radius 2 is 1.61 bits per heavy atom. The molecule has 2 N–H and O–H groups in total. The monoisotopic (exact) mass is 252 g/mol. The summed E-state index contributed by atoms with van der Waals surface area (Å²) in [5.74, 6) is 0.794. The fourth-order valence-corrected chi connectivity index (χ4v) is 4.05. The normalized spacial score (nSPS) is 38.3. The first kappa shape index (κ1) is 12.9. The van der Waals surface area contributed by atoms with Gasteiger partial charge in [0.05, 0.1) is 6.10 Å². The van der Waals surface area contributed by atoms with E-state index in [2.05, 4.69) is 10.8 Å². The fourth-order valence-electron chi connectivity index (χ4n) is 4.05. The van der Waals surface area contributed by atoms with Crippen molar-refractivity contribution in [2.45, 2.75) is 82.4 Å². The summed E-state index contributed by atoms with van der Waals surface area (Å²) in [6.45, 7) is 1.22. The minimum atomic E-state index is 0.490. The quantitative estimate of drug-likeness (QED) is 0.755. The van der Waals surface area contributed by atoms with Crippen LogP contribution >= 0.6 is 0 Å². The zero-order valence-corrected chi connectivity index (χ0v) is 11.5. The van der Waals surface area contributed by atoms with Gasteiger partial charge in [-0.1, -0.05) is 25.7 Å². The molecule has 0 aromatic rings. The summed E-state index contributed by atoms with van der Waals surface area (Å²) >= 11 is 0. The summed E-state index contributed by atoms with van der Waals surface area (Å²) in [6.07, 6.45) is 13.9. The number of nitrogens with one attached hydrogen (secondary N) is 2. The van der Waals surface area contributed by atoms with Crippen LogP contribution in [0.25, 0.3) is 0 Å². The molecule has 18 heavy (non-hydrogen) atoms. The zero-order valence-electron chi connectivity index (χ0n) is 11.5. The largest absolute Gasteiger partial charge is 0.314 e. The molecule has 3 heteroatoms. The van der Waals surface area contributed by atoms with Crippen molar-refractivity contribution >= 4 is 0 Å². The lowest BCUT2D eigenvalue weighted by atomic mass is 9.79. The molecule has 3 aliphatic rings. The summed E-state index contributed by atoms with van der Waals surface area (Å²) < 4.78 is 0. The maximum Gasteiger partial charge on any atom is 0.0790 e. The Morgan fingerprint density at radius 3 is 2.39 bits per heavy atom. The Morgan fingerprint density at radius 1 is 0.833 bits per heavy atom. The lowest BCUT2D eigenvalue weighted by molar-refractivity contribution is -0.0604. The van der Waals surface area contributed by atoms with E-state index in [1.54, 1.807) is 0 Å². The third-order valence-electron chi connectivity index (χ3n) is 5.12. The molecule has 3 nitrogen and oxygen atoms in total. The highest BCUT2D eigenvalue weighted by molar-refractivity contribution is 4.90. The summed E-state index contributed by atoms with van der Waals surface area (Å²) in [5, 5.41) is 3.69. The minimum Gasteiger partial charge on any atom is -0.314 e. The molecular formula is C15H28N2O. The molecular weight excluding hydrogens is 224 g/mol. The predicted octanol–water partition coefficient (Wildman–Crippen LogP) is 2.76. The first-order valence-corrected chi connectivity index (χ1v) is 8.08. The third-order valence-corrected chi connectivity index (χ3v) is 5.12. The van der Waals surface area contributed by atoms with Crippen molar-refractivity contribution in [3.05, 3.63) is 0 Å². The van der Waals surface area contributed by atoms with E-state index in [9.17, 15) is 0 Å². The molecule has 3 atom stereocenters. The highest BCUT2D eigenvalue weighted by Gasteiger charge is 2.33. The van der Waals surface area contributed by atoms with Crippen molar-refractivity contribution < 1.29 is 4.84 Å². The molecule has 1 saturated heterocycles. The van der Waals surface area contributed by atoms with Crippen LogP contribution in [0, 0.1) is 5.92 Å². The maximum atomic E-state index is 5.95. The van der Waals surface area contributed by atoms with Crippen molar-refractivity contribution in [3.63, 3.8) is 0 Å². The van der Waals surface area contributed by atoms with Gasteiger partial charge in [0, 0.05) is 12.1 Å². The highest BCUT2D eigenvalue weighted by Crippen LogP contribution is 2.31. The molecule has 2 aliphatic carbocycles. The van der Waals surface area contributed by atoms with Crippen molar-refractivity contribution in [3.8, 4) is 0 Å². The predicted molar refractivity (Wildman–Crippen MR) is 73.2 cm³/mol. The molecule has 0 aromatic heterocycles. The fraction of sp³-hybridized carbons (Fsp3) is 1.00. The van der Waals surface area contributed by atoms with Crippen LogP contribution in [-0.4, -0.2) is 24.7 Å². The van der Waals surface area contributed by atoms with E-state index in [1.165, 1.54) is 70.8 Å². The van der Waals surface area contributed by atoms with E-state index in [4.69, 9.17) is 4.84 Å². The topological polar surface area (TPSA) is 33.3 Å². The molecule has 3 unspecified atom stereocenters. The molecule has 0 spiro atoms. The van der Waals surface area contributed by atoms with E-state index in [-0.39, 0.29) is 0 Å². The average molecular weight is 252 g/mol. The Kier molecular flexibility index (Phi) is 4.55. The van der Waals surface area contributed by atoms with Crippen LogP contribution in [0.4, 0.5) is 0 Å². The van der Waals surface area contributed by atoms with Crippen LogP contribution in [0.3, 0.4) is 0 Å². The zero-order chi connectivity index (χ0) is 12.2. The van der Waals surface area contributed by atoms with Crippen molar-refractivity contribution in [1.82, 2.24) is 10.8 Å². The SMILES string of the molecule is C1CCC(ONC2CCCCC2C2CCCN2)C1. The number of rotatable bonds is 4. The Bertz CT molecular complexity index is 247. The average Bonchev–Trinajstić information content (AvgIpc) is 3.10. The van der Waals surface area contributed by atoms with Gasteiger partial charge in [-0.2, -0.15) is 5.48 Å². The number of hydroxylamine groups is 1. The van der Waals surface area contributed by atoms with Crippen LogP contribution in [0.5, 0.6) is 0 Å². The molecule has 0 amide bonds. The van der Waals surface area contributed by atoms with Crippen LogP contribution < -0.4 is 10.8 Å². The summed E-state index contributed by atoms with van der Waals surface area (Å²) in [6, 6.07) is 1.34. The molecule has 0 bridgehead atoms. The molecule has 0 radical (unpaired) electrons.